The minimum atomic E-state index is 1.25. The Hall–Kier alpha value is -0.520. The molecule has 0 nitrogen and oxygen atoms in total. The normalized spacial score (nSPS) is 11.9. The fourth-order valence-corrected chi connectivity index (χ4v) is 2.08. The van der Waals surface area contributed by atoms with Gasteiger partial charge in [0.05, 0.1) is 0 Å². The van der Waals surface area contributed by atoms with E-state index in [0.29, 0.717) is 0 Å². The molecule has 0 heterocycles. The maximum Gasteiger partial charge on any atom is -0.0348 e. The molecule has 0 amide bonds. The molecule has 0 fully saturated rings. The van der Waals surface area contributed by atoms with Crippen molar-refractivity contribution in [3.05, 3.63) is 24.3 Å². The summed E-state index contributed by atoms with van der Waals surface area (Å²) in [6.07, 6.45) is 25.5. The van der Waals surface area contributed by atoms with Crippen molar-refractivity contribution in [2.75, 3.05) is 0 Å². The van der Waals surface area contributed by atoms with Crippen LogP contribution in [-0.2, 0) is 0 Å². The first-order valence-electron chi connectivity index (χ1n) is 8.23. The molecule has 0 aliphatic rings. The molecule has 0 saturated heterocycles. The lowest BCUT2D eigenvalue weighted by atomic mass is 10.1. The van der Waals surface area contributed by atoms with Gasteiger partial charge in [0.15, 0.2) is 0 Å². The molecule has 0 N–H and O–H groups in total. The Morgan fingerprint density at radius 2 is 0.889 bits per heavy atom. The second-order valence-electron chi connectivity index (χ2n) is 5.26. The average Bonchev–Trinajstić information content (AvgIpc) is 2.39. The minimum Gasteiger partial charge on any atom is -0.0845 e. The molecule has 18 heavy (non-hydrogen) atoms. The summed E-state index contributed by atoms with van der Waals surface area (Å²) in [5.41, 5.74) is 0. The van der Waals surface area contributed by atoms with Crippen molar-refractivity contribution in [1.29, 1.82) is 0 Å². The highest BCUT2D eigenvalue weighted by atomic mass is 13.9. The van der Waals surface area contributed by atoms with E-state index < -0.39 is 0 Å². The van der Waals surface area contributed by atoms with E-state index >= 15 is 0 Å². The van der Waals surface area contributed by atoms with Crippen molar-refractivity contribution in [2.45, 2.75) is 90.9 Å². The quantitative estimate of drug-likeness (QED) is 0.248. The van der Waals surface area contributed by atoms with Gasteiger partial charge < -0.3 is 0 Å². The van der Waals surface area contributed by atoms with Crippen LogP contribution in [0.5, 0.6) is 0 Å². The summed E-state index contributed by atoms with van der Waals surface area (Å²) < 4.78 is 0. The third-order valence-corrected chi connectivity index (χ3v) is 3.33. The van der Waals surface area contributed by atoms with E-state index in [1.807, 2.05) is 0 Å². The van der Waals surface area contributed by atoms with Crippen molar-refractivity contribution < 1.29 is 0 Å². The standard InChI is InChI=1S/C18H34/c1-3-5-7-9-11-13-15-17-18-16-14-12-10-8-6-4-2/h11,13,15,17H,3-10,12,14,16,18H2,1-2H3/b13-11?,17-15-. The maximum absolute atomic E-state index is 2.32. The molecule has 0 unspecified atom stereocenters. The topological polar surface area (TPSA) is 0 Å². The van der Waals surface area contributed by atoms with Crippen molar-refractivity contribution in [1.82, 2.24) is 0 Å². The van der Waals surface area contributed by atoms with Crippen LogP contribution in [0, 0.1) is 0 Å². The zero-order chi connectivity index (χ0) is 13.3. The van der Waals surface area contributed by atoms with Crippen molar-refractivity contribution in [3.8, 4) is 0 Å². The summed E-state index contributed by atoms with van der Waals surface area (Å²) in [5.74, 6) is 0. The highest BCUT2D eigenvalue weighted by Gasteiger charge is 1.88. The smallest absolute Gasteiger partial charge is 0.0348 e. The van der Waals surface area contributed by atoms with E-state index in [0.717, 1.165) is 0 Å². The Balaban J connectivity index is 3.13. The molecule has 0 rings (SSSR count). The molecule has 0 bridgehead atoms. The molecule has 0 aromatic rings. The summed E-state index contributed by atoms with van der Waals surface area (Å²) in [7, 11) is 0. The van der Waals surface area contributed by atoms with E-state index in [1.54, 1.807) is 0 Å². The van der Waals surface area contributed by atoms with Gasteiger partial charge in [0.1, 0.15) is 0 Å². The molecule has 0 atom stereocenters. The lowest BCUT2D eigenvalue weighted by Crippen LogP contribution is -1.78. The van der Waals surface area contributed by atoms with E-state index in [9.17, 15) is 0 Å². The SMILES string of the molecule is CCCCCC=C/C=C\CCCCCCCCC. The monoisotopic (exact) mass is 250 g/mol. The van der Waals surface area contributed by atoms with Crippen molar-refractivity contribution in [3.63, 3.8) is 0 Å². The second-order valence-corrected chi connectivity index (χ2v) is 5.26. The van der Waals surface area contributed by atoms with Crippen LogP contribution in [0.1, 0.15) is 90.9 Å². The van der Waals surface area contributed by atoms with Gasteiger partial charge in [0.2, 0.25) is 0 Å². The average molecular weight is 250 g/mol. The van der Waals surface area contributed by atoms with Crippen molar-refractivity contribution in [2.24, 2.45) is 0 Å². The highest BCUT2D eigenvalue weighted by Crippen LogP contribution is 2.08. The summed E-state index contributed by atoms with van der Waals surface area (Å²) in [4.78, 5) is 0. The van der Waals surface area contributed by atoms with E-state index in [4.69, 9.17) is 0 Å². The number of rotatable bonds is 13. The molecule has 0 aromatic heterocycles. The van der Waals surface area contributed by atoms with Crippen LogP contribution in [0.3, 0.4) is 0 Å². The van der Waals surface area contributed by atoms with Gasteiger partial charge >= 0.3 is 0 Å². The zero-order valence-corrected chi connectivity index (χ0v) is 12.8. The number of unbranched alkanes of at least 4 members (excludes halogenated alkanes) is 10. The van der Waals surface area contributed by atoms with Crippen LogP contribution in [-0.4, -0.2) is 0 Å². The lowest BCUT2D eigenvalue weighted by molar-refractivity contribution is 0.592. The number of hydrogen-bond donors (Lipinski definition) is 0. The van der Waals surface area contributed by atoms with Crippen LogP contribution >= 0.6 is 0 Å². The largest absolute Gasteiger partial charge is 0.0845 e. The van der Waals surface area contributed by atoms with E-state index in [-0.39, 0.29) is 0 Å². The maximum atomic E-state index is 2.32. The Kier molecular flexibility index (Phi) is 16.0. The molecule has 0 spiro atoms. The first-order valence-corrected chi connectivity index (χ1v) is 8.23. The Bertz CT molecular complexity index is 188. The minimum absolute atomic E-state index is 1.25. The van der Waals surface area contributed by atoms with Crippen LogP contribution in [0.2, 0.25) is 0 Å². The Labute approximate surface area is 116 Å². The van der Waals surface area contributed by atoms with Gasteiger partial charge in [-0.1, -0.05) is 89.5 Å². The molecule has 0 aliphatic carbocycles. The predicted molar refractivity (Wildman–Crippen MR) is 85.0 cm³/mol. The molecule has 0 radical (unpaired) electrons. The Morgan fingerprint density at radius 1 is 0.500 bits per heavy atom. The lowest BCUT2D eigenvalue weighted by Gasteiger charge is -1.98. The van der Waals surface area contributed by atoms with E-state index in [1.165, 1.54) is 77.0 Å². The van der Waals surface area contributed by atoms with Gasteiger partial charge in [-0.25, -0.2) is 0 Å². The molecular weight excluding hydrogens is 216 g/mol. The fraction of sp³-hybridized carbons (Fsp3) is 0.778. The highest BCUT2D eigenvalue weighted by molar-refractivity contribution is 5.02. The molecule has 0 heteroatoms. The predicted octanol–water partition coefficient (Wildman–Crippen LogP) is 6.82. The van der Waals surface area contributed by atoms with Crippen LogP contribution < -0.4 is 0 Å². The summed E-state index contributed by atoms with van der Waals surface area (Å²) in [6, 6.07) is 0. The molecular formula is C18H34. The Morgan fingerprint density at radius 3 is 1.44 bits per heavy atom. The van der Waals surface area contributed by atoms with Crippen LogP contribution in [0.25, 0.3) is 0 Å². The third kappa shape index (κ3) is 15.5. The molecule has 0 aliphatic heterocycles. The first kappa shape index (κ1) is 17.5. The fourth-order valence-electron chi connectivity index (χ4n) is 2.08. The van der Waals surface area contributed by atoms with Gasteiger partial charge in [-0.2, -0.15) is 0 Å². The molecule has 0 aromatic carbocycles. The van der Waals surface area contributed by atoms with Gasteiger partial charge in [-0.05, 0) is 25.7 Å². The number of hydrogen-bond acceptors (Lipinski definition) is 0. The van der Waals surface area contributed by atoms with Gasteiger partial charge in [0, 0.05) is 0 Å². The molecule has 0 saturated carbocycles. The zero-order valence-electron chi connectivity index (χ0n) is 12.8. The van der Waals surface area contributed by atoms with Crippen LogP contribution in [0.4, 0.5) is 0 Å². The third-order valence-electron chi connectivity index (χ3n) is 3.33. The summed E-state index contributed by atoms with van der Waals surface area (Å²) >= 11 is 0. The van der Waals surface area contributed by atoms with Gasteiger partial charge in [0.25, 0.3) is 0 Å². The van der Waals surface area contributed by atoms with E-state index in [2.05, 4.69) is 38.2 Å². The van der Waals surface area contributed by atoms with Crippen LogP contribution in [0.15, 0.2) is 24.3 Å². The number of allylic oxidation sites excluding steroid dienone is 4. The second kappa shape index (κ2) is 16.5. The summed E-state index contributed by atoms with van der Waals surface area (Å²) in [6.45, 7) is 4.53. The van der Waals surface area contributed by atoms with Gasteiger partial charge in [-0.3, -0.25) is 0 Å². The molecule has 106 valence electrons. The van der Waals surface area contributed by atoms with Crippen molar-refractivity contribution >= 4 is 0 Å². The summed E-state index contributed by atoms with van der Waals surface area (Å²) in [5, 5.41) is 0. The first-order chi connectivity index (χ1) is 8.91. The van der Waals surface area contributed by atoms with Gasteiger partial charge in [-0.15, -0.1) is 0 Å².